The van der Waals surface area contributed by atoms with E-state index in [0.717, 1.165) is 32.7 Å². The predicted octanol–water partition coefficient (Wildman–Crippen LogP) is 1.79. The molecule has 0 bridgehead atoms. The molecular formula is C14H28N2O2. The Morgan fingerprint density at radius 3 is 2.56 bits per heavy atom. The summed E-state index contributed by atoms with van der Waals surface area (Å²) in [5, 5.41) is 3.14. The van der Waals surface area contributed by atoms with Crippen LogP contribution in [0.4, 0.5) is 0 Å². The number of morpholine rings is 1. The van der Waals surface area contributed by atoms with Gasteiger partial charge in [-0.3, -0.25) is 9.69 Å². The molecule has 0 spiro atoms. The quantitative estimate of drug-likeness (QED) is 0.706. The zero-order chi connectivity index (χ0) is 13.4. The van der Waals surface area contributed by atoms with Gasteiger partial charge in [-0.2, -0.15) is 0 Å². The zero-order valence-electron chi connectivity index (χ0n) is 12.1. The van der Waals surface area contributed by atoms with Crippen molar-refractivity contribution in [3.05, 3.63) is 0 Å². The van der Waals surface area contributed by atoms with Gasteiger partial charge in [0.1, 0.15) is 0 Å². The Bertz CT molecular complexity index is 248. The maximum absolute atomic E-state index is 12.0. The molecule has 1 fully saturated rings. The summed E-state index contributed by atoms with van der Waals surface area (Å²) in [4.78, 5) is 14.1. The lowest BCUT2D eigenvalue weighted by atomic mass is 9.96. The number of carbonyl (C=O) groups excluding carboxylic acids is 1. The first-order chi connectivity index (χ1) is 8.53. The third-order valence-corrected chi connectivity index (χ3v) is 3.35. The predicted molar refractivity (Wildman–Crippen MR) is 73.6 cm³/mol. The van der Waals surface area contributed by atoms with Crippen LogP contribution in [-0.4, -0.2) is 49.2 Å². The van der Waals surface area contributed by atoms with E-state index < -0.39 is 0 Å². The highest BCUT2D eigenvalue weighted by Crippen LogP contribution is 2.13. The van der Waals surface area contributed by atoms with Gasteiger partial charge in [-0.05, 0) is 20.3 Å². The third-order valence-electron chi connectivity index (χ3n) is 3.35. The van der Waals surface area contributed by atoms with E-state index in [4.69, 9.17) is 4.74 Å². The summed E-state index contributed by atoms with van der Waals surface area (Å²) in [6, 6.07) is 0. The van der Waals surface area contributed by atoms with Crippen molar-refractivity contribution in [3.63, 3.8) is 0 Å². The normalized spacial score (nSPS) is 17.7. The van der Waals surface area contributed by atoms with E-state index in [0.29, 0.717) is 6.54 Å². The van der Waals surface area contributed by atoms with E-state index in [1.165, 1.54) is 19.3 Å². The van der Waals surface area contributed by atoms with Gasteiger partial charge >= 0.3 is 0 Å². The number of unbranched alkanes of at least 4 members (excludes halogenated alkanes) is 2. The van der Waals surface area contributed by atoms with Gasteiger partial charge in [0.15, 0.2) is 0 Å². The van der Waals surface area contributed by atoms with E-state index in [-0.39, 0.29) is 11.4 Å². The van der Waals surface area contributed by atoms with Crippen molar-refractivity contribution in [2.24, 2.45) is 0 Å². The second-order valence-electron chi connectivity index (χ2n) is 5.78. The molecule has 0 atom stereocenters. The average molecular weight is 256 g/mol. The molecule has 4 heteroatoms. The van der Waals surface area contributed by atoms with Gasteiger partial charge in [0.2, 0.25) is 5.91 Å². The molecule has 18 heavy (non-hydrogen) atoms. The Hall–Kier alpha value is -0.610. The van der Waals surface area contributed by atoms with Crippen LogP contribution in [-0.2, 0) is 9.53 Å². The topological polar surface area (TPSA) is 41.6 Å². The number of hydrogen-bond donors (Lipinski definition) is 1. The zero-order valence-corrected chi connectivity index (χ0v) is 12.1. The number of nitrogens with zero attached hydrogens (tertiary/aromatic N) is 1. The minimum absolute atomic E-state index is 0.0848. The molecule has 1 aliphatic heterocycles. The summed E-state index contributed by atoms with van der Waals surface area (Å²) in [7, 11) is 0. The first-order valence-corrected chi connectivity index (χ1v) is 7.14. The summed E-state index contributed by atoms with van der Waals surface area (Å²) in [5.41, 5.74) is -0.0848. The van der Waals surface area contributed by atoms with Crippen molar-refractivity contribution in [3.8, 4) is 0 Å². The second-order valence-corrected chi connectivity index (χ2v) is 5.78. The molecule has 0 saturated carbocycles. The maximum atomic E-state index is 12.0. The minimum Gasteiger partial charge on any atom is -0.379 e. The summed E-state index contributed by atoms with van der Waals surface area (Å²) >= 11 is 0. The molecule has 1 heterocycles. The lowest BCUT2D eigenvalue weighted by molar-refractivity contribution is -0.124. The van der Waals surface area contributed by atoms with Crippen LogP contribution in [0.3, 0.4) is 0 Å². The molecule has 1 saturated heterocycles. The molecule has 1 N–H and O–H groups in total. The lowest BCUT2D eigenvalue weighted by Gasteiger charge is -2.30. The molecular weight excluding hydrogens is 228 g/mol. The number of rotatable bonds is 7. The van der Waals surface area contributed by atoms with Crippen molar-refractivity contribution in [2.45, 2.75) is 52.0 Å². The van der Waals surface area contributed by atoms with E-state index in [9.17, 15) is 4.79 Å². The Kier molecular flexibility index (Phi) is 6.65. The van der Waals surface area contributed by atoms with Crippen LogP contribution < -0.4 is 5.32 Å². The Labute approximate surface area is 111 Å². The van der Waals surface area contributed by atoms with E-state index in [1.54, 1.807) is 0 Å². The number of ether oxygens (including phenoxy) is 1. The number of carbonyl (C=O) groups is 1. The van der Waals surface area contributed by atoms with Gasteiger partial charge in [-0.1, -0.05) is 26.2 Å². The van der Waals surface area contributed by atoms with Crippen molar-refractivity contribution in [2.75, 3.05) is 32.8 Å². The largest absolute Gasteiger partial charge is 0.379 e. The summed E-state index contributed by atoms with van der Waals surface area (Å²) in [6.07, 6.45) is 4.69. The fourth-order valence-corrected chi connectivity index (χ4v) is 2.26. The molecule has 4 nitrogen and oxygen atoms in total. The van der Waals surface area contributed by atoms with Gasteiger partial charge in [-0.15, -0.1) is 0 Å². The molecule has 1 rings (SSSR count). The molecule has 1 aliphatic rings. The fraction of sp³-hybridized carbons (Fsp3) is 0.929. The second kappa shape index (κ2) is 7.74. The van der Waals surface area contributed by atoms with Crippen LogP contribution in [0.5, 0.6) is 0 Å². The van der Waals surface area contributed by atoms with E-state index in [2.05, 4.69) is 31.0 Å². The maximum Gasteiger partial charge on any atom is 0.234 e. The highest BCUT2D eigenvalue weighted by atomic mass is 16.5. The number of nitrogens with one attached hydrogen (secondary N) is 1. The molecule has 0 aliphatic carbocycles. The first kappa shape index (κ1) is 15.4. The van der Waals surface area contributed by atoms with Crippen LogP contribution in [0.15, 0.2) is 0 Å². The molecule has 0 aromatic rings. The van der Waals surface area contributed by atoms with Crippen LogP contribution in [0.25, 0.3) is 0 Å². The molecule has 0 aromatic heterocycles. The molecule has 0 radical (unpaired) electrons. The van der Waals surface area contributed by atoms with Gasteiger partial charge in [-0.25, -0.2) is 0 Å². The van der Waals surface area contributed by atoms with Crippen LogP contribution in [0.1, 0.15) is 46.5 Å². The smallest absolute Gasteiger partial charge is 0.234 e. The molecule has 0 unspecified atom stereocenters. The minimum atomic E-state index is -0.0848. The van der Waals surface area contributed by atoms with Crippen molar-refractivity contribution in [1.29, 1.82) is 0 Å². The number of amides is 1. The van der Waals surface area contributed by atoms with Gasteiger partial charge in [0, 0.05) is 18.6 Å². The molecule has 1 amide bonds. The van der Waals surface area contributed by atoms with Gasteiger partial charge < -0.3 is 10.1 Å². The van der Waals surface area contributed by atoms with Crippen LogP contribution in [0, 0.1) is 0 Å². The summed E-state index contributed by atoms with van der Waals surface area (Å²) < 4.78 is 5.27. The molecule has 106 valence electrons. The van der Waals surface area contributed by atoms with E-state index in [1.807, 2.05) is 0 Å². The Morgan fingerprint density at radius 1 is 1.28 bits per heavy atom. The highest BCUT2D eigenvalue weighted by Gasteiger charge is 2.21. The first-order valence-electron chi connectivity index (χ1n) is 7.14. The van der Waals surface area contributed by atoms with Crippen molar-refractivity contribution in [1.82, 2.24) is 10.2 Å². The highest BCUT2D eigenvalue weighted by molar-refractivity contribution is 5.78. The summed E-state index contributed by atoms with van der Waals surface area (Å²) in [5.74, 6) is 0.137. The summed E-state index contributed by atoms with van der Waals surface area (Å²) in [6.45, 7) is 10.1. The SMILES string of the molecule is CCCCCC(C)(C)NC(=O)CN1CCOCC1. The number of hydrogen-bond acceptors (Lipinski definition) is 3. The fourth-order valence-electron chi connectivity index (χ4n) is 2.26. The van der Waals surface area contributed by atoms with Crippen LogP contribution in [0.2, 0.25) is 0 Å². The van der Waals surface area contributed by atoms with Crippen molar-refractivity contribution >= 4 is 5.91 Å². The van der Waals surface area contributed by atoms with Crippen LogP contribution >= 0.6 is 0 Å². The van der Waals surface area contributed by atoms with Crippen molar-refractivity contribution < 1.29 is 9.53 Å². The van der Waals surface area contributed by atoms with Gasteiger partial charge in [0.25, 0.3) is 0 Å². The van der Waals surface area contributed by atoms with E-state index >= 15 is 0 Å². The average Bonchev–Trinajstić information content (AvgIpc) is 2.29. The monoisotopic (exact) mass is 256 g/mol. The standard InChI is InChI=1S/C14H28N2O2/c1-4-5-6-7-14(2,3)15-13(17)12-16-8-10-18-11-9-16/h4-12H2,1-3H3,(H,15,17). The lowest BCUT2D eigenvalue weighted by Crippen LogP contribution is -2.49. The Morgan fingerprint density at radius 2 is 1.94 bits per heavy atom. The third kappa shape index (κ3) is 6.36. The Balaban J connectivity index is 2.24. The van der Waals surface area contributed by atoms with Gasteiger partial charge in [0.05, 0.1) is 19.8 Å². The molecule has 0 aromatic carbocycles.